The SMILES string of the molecule is CCOC(=O)c1cccc(N2C(=O)C(O)=C(C(=O)CCc3ccccc3)C2c2ccc(OC)cc2)c1. The van der Waals surface area contributed by atoms with E-state index < -0.39 is 23.7 Å². The first-order valence-electron chi connectivity index (χ1n) is 11.7. The van der Waals surface area contributed by atoms with Crippen molar-refractivity contribution in [1.29, 1.82) is 0 Å². The van der Waals surface area contributed by atoms with Crippen molar-refractivity contribution in [3.8, 4) is 5.75 Å². The number of rotatable bonds is 9. The highest BCUT2D eigenvalue weighted by Gasteiger charge is 2.44. The highest BCUT2D eigenvalue weighted by atomic mass is 16.5. The van der Waals surface area contributed by atoms with Crippen LogP contribution in [-0.4, -0.2) is 36.5 Å². The molecule has 0 fully saturated rings. The van der Waals surface area contributed by atoms with Gasteiger partial charge in [0.2, 0.25) is 0 Å². The van der Waals surface area contributed by atoms with Gasteiger partial charge in [-0.15, -0.1) is 0 Å². The van der Waals surface area contributed by atoms with Crippen molar-refractivity contribution in [2.45, 2.75) is 25.8 Å². The van der Waals surface area contributed by atoms with Crippen molar-refractivity contribution < 1.29 is 29.0 Å². The van der Waals surface area contributed by atoms with Crippen molar-refractivity contribution in [3.63, 3.8) is 0 Å². The van der Waals surface area contributed by atoms with Gasteiger partial charge in [0.05, 0.1) is 30.9 Å². The number of anilines is 1. The molecule has 4 rings (SSSR count). The molecule has 7 nitrogen and oxygen atoms in total. The molecule has 1 atom stereocenters. The first kappa shape index (κ1) is 24.7. The summed E-state index contributed by atoms with van der Waals surface area (Å²) < 4.78 is 10.3. The van der Waals surface area contributed by atoms with Gasteiger partial charge < -0.3 is 14.6 Å². The van der Waals surface area contributed by atoms with E-state index >= 15 is 0 Å². The van der Waals surface area contributed by atoms with Crippen LogP contribution in [0.3, 0.4) is 0 Å². The number of hydrogen-bond acceptors (Lipinski definition) is 6. The highest BCUT2D eigenvalue weighted by molar-refractivity contribution is 6.16. The van der Waals surface area contributed by atoms with Crippen LogP contribution in [0.15, 0.2) is 90.2 Å². The van der Waals surface area contributed by atoms with E-state index in [4.69, 9.17) is 9.47 Å². The van der Waals surface area contributed by atoms with Gasteiger partial charge in [-0.2, -0.15) is 0 Å². The van der Waals surface area contributed by atoms with Gasteiger partial charge in [-0.3, -0.25) is 14.5 Å². The second-order valence-electron chi connectivity index (χ2n) is 8.29. The Hall–Kier alpha value is -4.39. The topological polar surface area (TPSA) is 93.1 Å². The summed E-state index contributed by atoms with van der Waals surface area (Å²) in [6.45, 7) is 1.92. The summed E-state index contributed by atoms with van der Waals surface area (Å²) in [7, 11) is 1.55. The van der Waals surface area contributed by atoms with Crippen molar-refractivity contribution in [2.24, 2.45) is 0 Å². The van der Waals surface area contributed by atoms with Gasteiger partial charge in [-0.1, -0.05) is 48.5 Å². The Morgan fingerprint density at radius 2 is 1.69 bits per heavy atom. The first-order valence-corrected chi connectivity index (χ1v) is 11.7. The quantitative estimate of drug-likeness (QED) is 0.430. The number of ether oxygens (including phenoxy) is 2. The second kappa shape index (κ2) is 10.9. The monoisotopic (exact) mass is 485 g/mol. The summed E-state index contributed by atoms with van der Waals surface area (Å²) in [6, 6.07) is 22.0. The molecule has 1 unspecified atom stereocenters. The molecule has 7 heteroatoms. The molecule has 0 aliphatic carbocycles. The summed E-state index contributed by atoms with van der Waals surface area (Å²) in [5.41, 5.74) is 2.26. The van der Waals surface area contributed by atoms with Crippen LogP contribution in [0.2, 0.25) is 0 Å². The minimum absolute atomic E-state index is 0.0302. The molecule has 1 heterocycles. The van der Waals surface area contributed by atoms with E-state index in [0.29, 0.717) is 23.4 Å². The lowest BCUT2D eigenvalue weighted by Gasteiger charge is -2.27. The zero-order valence-electron chi connectivity index (χ0n) is 20.1. The van der Waals surface area contributed by atoms with Crippen molar-refractivity contribution in [3.05, 3.63) is 107 Å². The maximum Gasteiger partial charge on any atom is 0.338 e. The number of benzene rings is 3. The Balaban J connectivity index is 1.73. The van der Waals surface area contributed by atoms with E-state index in [0.717, 1.165) is 5.56 Å². The van der Waals surface area contributed by atoms with Gasteiger partial charge in [0.1, 0.15) is 5.75 Å². The van der Waals surface area contributed by atoms with E-state index in [1.807, 2.05) is 30.3 Å². The summed E-state index contributed by atoms with van der Waals surface area (Å²) in [5, 5.41) is 10.9. The van der Waals surface area contributed by atoms with Gasteiger partial charge in [0.25, 0.3) is 5.91 Å². The normalized spacial score (nSPS) is 15.2. The Bertz CT molecular complexity index is 1300. The van der Waals surface area contributed by atoms with Crippen LogP contribution in [0.1, 0.15) is 40.9 Å². The number of carbonyl (C=O) groups excluding carboxylic acids is 3. The van der Waals surface area contributed by atoms with Crippen LogP contribution in [-0.2, 0) is 20.7 Å². The number of amides is 1. The maximum atomic E-state index is 13.4. The molecule has 36 heavy (non-hydrogen) atoms. The molecule has 184 valence electrons. The predicted molar refractivity (Wildman–Crippen MR) is 135 cm³/mol. The van der Waals surface area contributed by atoms with E-state index in [9.17, 15) is 19.5 Å². The number of carbonyl (C=O) groups is 3. The van der Waals surface area contributed by atoms with Crippen LogP contribution in [0.4, 0.5) is 5.69 Å². The fourth-order valence-electron chi connectivity index (χ4n) is 4.29. The largest absolute Gasteiger partial charge is 0.503 e. The van der Waals surface area contributed by atoms with E-state index in [1.165, 1.54) is 11.0 Å². The van der Waals surface area contributed by atoms with Crippen molar-refractivity contribution in [2.75, 3.05) is 18.6 Å². The second-order valence-corrected chi connectivity index (χ2v) is 8.29. The molecule has 1 N–H and O–H groups in total. The standard InChI is InChI=1S/C29H27NO6/c1-3-36-29(34)21-10-7-11-22(18-21)30-26(20-13-15-23(35-2)16-14-20)25(27(32)28(30)33)24(31)17-12-19-8-5-4-6-9-19/h4-11,13-16,18,26,32H,3,12,17H2,1-2H3. The number of hydrogen-bond donors (Lipinski definition) is 1. The van der Waals surface area contributed by atoms with Gasteiger partial charge in [0.15, 0.2) is 11.5 Å². The summed E-state index contributed by atoms with van der Waals surface area (Å²) in [5.74, 6) is -1.53. The number of esters is 1. The molecule has 3 aromatic carbocycles. The smallest absolute Gasteiger partial charge is 0.338 e. The Morgan fingerprint density at radius 1 is 0.972 bits per heavy atom. The molecule has 0 aromatic heterocycles. The minimum Gasteiger partial charge on any atom is -0.503 e. The molecule has 0 bridgehead atoms. The van der Waals surface area contributed by atoms with Crippen LogP contribution in [0.25, 0.3) is 0 Å². The Morgan fingerprint density at radius 3 is 2.36 bits per heavy atom. The van der Waals surface area contributed by atoms with E-state index in [2.05, 4.69) is 0 Å². The maximum absolute atomic E-state index is 13.4. The van der Waals surface area contributed by atoms with E-state index in [1.54, 1.807) is 56.5 Å². The lowest BCUT2D eigenvalue weighted by Crippen LogP contribution is -2.31. The number of nitrogens with zero attached hydrogens (tertiary/aromatic N) is 1. The number of ketones is 1. The summed E-state index contributed by atoms with van der Waals surface area (Å²) in [6.07, 6.45) is 0.596. The number of aliphatic hydroxyl groups excluding tert-OH is 1. The summed E-state index contributed by atoms with van der Waals surface area (Å²) in [4.78, 5) is 40.4. The van der Waals surface area contributed by atoms with Crippen LogP contribution >= 0.6 is 0 Å². The van der Waals surface area contributed by atoms with Crippen molar-refractivity contribution in [1.82, 2.24) is 0 Å². The van der Waals surface area contributed by atoms with Crippen LogP contribution in [0.5, 0.6) is 5.75 Å². The van der Waals surface area contributed by atoms with Gasteiger partial charge >= 0.3 is 5.97 Å². The Kier molecular flexibility index (Phi) is 7.49. The molecular formula is C29H27NO6. The fourth-order valence-corrected chi connectivity index (χ4v) is 4.29. The highest BCUT2D eigenvalue weighted by Crippen LogP contribution is 2.42. The number of aliphatic hydroxyl groups is 1. The third-order valence-corrected chi connectivity index (χ3v) is 6.06. The lowest BCUT2D eigenvalue weighted by molar-refractivity contribution is -0.118. The first-order chi connectivity index (χ1) is 17.4. The van der Waals surface area contributed by atoms with Gasteiger partial charge in [0, 0.05) is 12.1 Å². The van der Waals surface area contributed by atoms with Crippen LogP contribution < -0.4 is 9.64 Å². The zero-order valence-corrected chi connectivity index (χ0v) is 20.1. The zero-order chi connectivity index (χ0) is 25.7. The molecule has 0 saturated carbocycles. The molecule has 3 aromatic rings. The van der Waals surface area contributed by atoms with Gasteiger partial charge in [-0.05, 0) is 54.8 Å². The van der Waals surface area contributed by atoms with Gasteiger partial charge in [-0.25, -0.2) is 4.79 Å². The average molecular weight is 486 g/mol. The predicted octanol–water partition coefficient (Wildman–Crippen LogP) is 4.97. The lowest BCUT2D eigenvalue weighted by atomic mass is 9.93. The van der Waals surface area contributed by atoms with E-state index in [-0.39, 0.29) is 29.9 Å². The fraction of sp³-hybridized carbons (Fsp3) is 0.207. The third kappa shape index (κ3) is 5.00. The molecule has 0 saturated heterocycles. The minimum atomic E-state index is -0.871. The Labute approximate surface area is 209 Å². The number of Topliss-reactive ketones (excluding diaryl/α,β-unsaturated/α-hetero) is 1. The molecule has 1 aliphatic heterocycles. The molecule has 1 aliphatic rings. The average Bonchev–Trinajstić information content (AvgIpc) is 3.18. The summed E-state index contributed by atoms with van der Waals surface area (Å²) >= 11 is 0. The van der Waals surface area contributed by atoms with Crippen molar-refractivity contribution >= 4 is 23.3 Å². The molecular weight excluding hydrogens is 458 g/mol. The molecule has 0 radical (unpaired) electrons. The third-order valence-electron chi connectivity index (χ3n) is 6.06. The van der Waals surface area contributed by atoms with Crippen LogP contribution in [0, 0.1) is 0 Å². The molecule has 1 amide bonds. The molecule has 0 spiro atoms. The number of aryl methyl sites for hydroxylation is 1. The number of methoxy groups -OCH3 is 1.